The minimum Gasteiger partial charge on any atom is -0.396 e. The Hall–Kier alpha value is -1.59. The smallest absolute Gasteiger partial charge is 0.293 e. The first-order valence-corrected chi connectivity index (χ1v) is 10.6. The van der Waals surface area contributed by atoms with Crippen molar-refractivity contribution in [3.8, 4) is 0 Å². The van der Waals surface area contributed by atoms with Crippen LogP contribution in [0.1, 0.15) is 15.2 Å². The molecule has 1 amide bonds. The number of thiophene rings is 1. The number of benzene rings is 1. The molecule has 2 aromatic rings. The maximum atomic E-state index is 12.4. The lowest BCUT2D eigenvalue weighted by Gasteiger charge is -2.35. The molecule has 1 radical (unpaired) electrons. The van der Waals surface area contributed by atoms with Gasteiger partial charge in [0.1, 0.15) is 0 Å². The Morgan fingerprint density at radius 2 is 2.21 bits per heavy atom. The van der Waals surface area contributed by atoms with Crippen molar-refractivity contribution in [2.75, 3.05) is 19.7 Å². The number of aliphatic hydroxyl groups excluding tert-OH is 1. The largest absolute Gasteiger partial charge is 0.396 e. The summed E-state index contributed by atoms with van der Waals surface area (Å²) in [6, 6.07) is 10.8. The lowest BCUT2D eigenvalue weighted by Crippen LogP contribution is -2.56. The molecule has 1 saturated heterocycles. The van der Waals surface area contributed by atoms with E-state index in [1.807, 2.05) is 22.3 Å². The van der Waals surface area contributed by atoms with Gasteiger partial charge in [-0.1, -0.05) is 18.2 Å². The van der Waals surface area contributed by atoms with Crippen molar-refractivity contribution in [1.82, 2.24) is 15.4 Å². The zero-order chi connectivity index (χ0) is 20.1. The maximum absolute atomic E-state index is 12.4. The molecule has 0 spiro atoms. The molecule has 2 unspecified atom stereocenters. The zero-order valence-corrected chi connectivity index (χ0v) is 18.0. The maximum Gasteiger partial charge on any atom is 0.293 e. The molecule has 6 nitrogen and oxygen atoms in total. The van der Waals surface area contributed by atoms with E-state index in [1.165, 1.54) is 18.8 Å². The molecule has 0 aliphatic carbocycles. The number of rotatable bonds is 6. The number of halogens is 1. The standard InChI is InChI=1S/C18H18BBrN3O3S2/c20-14-6-15(28-9-14)18(10-23(19-11-25)7-13(18)8-24)22-17(27)21-16(26)12-4-2-1-3-5-12/h1-6,9,11,13,24H,7-8,10H2,(H2,21,22,26,27). The molecule has 28 heavy (non-hydrogen) atoms. The number of hydrogen-bond acceptors (Lipinski definition) is 6. The Morgan fingerprint density at radius 3 is 2.82 bits per heavy atom. The summed E-state index contributed by atoms with van der Waals surface area (Å²) in [5, 5.41) is 18.1. The zero-order valence-electron chi connectivity index (χ0n) is 14.8. The van der Waals surface area contributed by atoms with Gasteiger partial charge < -0.3 is 20.0 Å². The van der Waals surface area contributed by atoms with Crippen LogP contribution in [-0.4, -0.2) is 54.2 Å². The average molecular weight is 479 g/mol. The van der Waals surface area contributed by atoms with Gasteiger partial charge in [0.15, 0.2) is 5.11 Å². The van der Waals surface area contributed by atoms with Crippen LogP contribution < -0.4 is 10.6 Å². The van der Waals surface area contributed by atoms with E-state index in [-0.39, 0.29) is 23.5 Å². The summed E-state index contributed by atoms with van der Waals surface area (Å²) < 4.78 is 0.919. The highest BCUT2D eigenvalue weighted by molar-refractivity contribution is 9.10. The summed E-state index contributed by atoms with van der Waals surface area (Å²) >= 11 is 10.4. The van der Waals surface area contributed by atoms with Gasteiger partial charge in [-0.25, -0.2) is 0 Å². The van der Waals surface area contributed by atoms with Gasteiger partial charge in [-0.3, -0.25) is 10.1 Å². The van der Waals surface area contributed by atoms with Crippen LogP contribution in [0.15, 0.2) is 46.3 Å². The molecule has 10 heteroatoms. The first-order valence-electron chi connectivity index (χ1n) is 8.55. The molecule has 1 aliphatic heterocycles. The van der Waals surface area contributed by atoms with Crippen molar-refractivity contribution in [3.63, 3.8) is 0 Å². The molecule has 0 saturated carbocycles. The van der Waals surface area contributed by atoms with E-state index in [2.05, 4.69) is 26.6 Å². The minimum atomic E-state index is -0.730. The molecule has 1 aromatic heterocycles. The lowest BCUT2D eigenvalue weighted by molar-refractivity contribution is 0.0975. The molecule has 1 aliphatic rings. The quantitative estimate of drug-likeness (QED) is 0.333. The summed E-state index contributed by atoms with van der Waals surface area (Å²) in [6.45, 7) is 0.833. The highest BCUT2D eigenvalue weighted by atomic mass is 79.9. The van der Waals surface area contributed by atoms with E-state index >= 15 is 0 Å². The first kappa shape index (κ1) is 21.1. The van der Waals surface area contributed by atoms with E-state index in [0.717, 1.165) is 15.5 Å². The van der Waals surface area contributed by atoms with E-state index in [0.29, 0.717) is 18.7 Å². The number of hydrogen-bond donors (Lipinski definition) is 3. The fourth-order valence-electron chi connectivity index (χ4n) is 3.39. The van der Waals surface area contributed by atoms with Crippen molar-refractivity contribution < 1.29 is 14.7 Å². The number of amides is 1. The summed E-state index contributed by atoms with van der Waals surface area (Å²) in [6.07, 6.45) is 0.727. The summed E-state index contributed by atoms with van der Waals surface area (Å²) in [5.74, 6) is -0.531. The van der Waals surface area contributed by atoms with E-state index in [1.54, 1.807) is 24.3 Å². The molecule has 0 bridgehead atoms. The van der Waals surface area contributed by atoms with Crippen LogP contribution in [0.4, 0.5) is 0 Å². The van der Waals surface area contributed by atoms with Gasteiger partial charge in [-0.05, 0) is 52.9 Å². The number of carbonyl (C=O) groups is 2. The van der Waals surface area contributed by atoms with Crippen molar-refractivity contribution in [3.05, 3.63) is 56.7 Å². The van der Waals surface area contributed by atoms with Gasteiger partial charge in [0.2, 0.25) is 0 Å². The number of nitrogens with one attached hydrogen (secondary N) is 2. The number of thiocarbonyl (C=S) groups is 1. The molecule has 145 valence electrons. The van der Waals surface area contributed by atoms with Gasteiger partial charge in [-0.15, -0.1) is 11.3 Å². The van der Waals surface area contributed by atoms with Crippen LogP contribution in [-0.2, 0) is 10.3 Å². The summed E-state index contributed by atoms with van der Waals surface area (Å²) in [5.41, 5.74) is -0.230. The van der Waals surface area contributed by atoms with Gasteiger partial charge >= 0.3 is 0 Å². The highest BCUT2D eigenvalue weighted by Crippen LogP contribution is 2.40. The van der Waals surface area contributed by atoms with E-state index < -0.39 is 5.54 Å². The van der Waals surface area contributed by atoms with Crippen molar-refractivity contribution in [1.29, 1.82) is 0 Å². The van der Waals surface area contributed by atoms with Crippen LogP contribution in [0.5, 0.6) is 0 Å². The third-order valence-corrected chi connectivity index (χ3v) is 6.78. The Morgan fingerprint density at radius 1 is 1.46 bits per heavy atom. The molecule has 1 fully saturated rings. The van der Waals surface area contributed by atoms with Crippen LogP contribution in [0.3, 0.4) is 0 Å². The monoisotopic (exact) mass is 478 g/mol. The molecule has 3 rings (SSSR count). The van der Waals surface area contributed by atoms with E-state index in [9.17, 15) is 14.7 Å². The van der Waals surface area contributed by atoms with Crippen molar-refractivity contribution in [2.24, 2.45) is 5.92 Å². The van der Waals surface area contributed by atoms with Crippen molar-refractivity contribution >= 4 is 64.1 Å². The van der Waals surface area contributed by atoms with Gasteiger partial charge in [-0.2, -0.15) is 0 Å². The SMILES string of the molecule is O=C[B]N1CC(CO)C(NC(=S)NC(=O)c2ccccc2)(c2cc(Br)cs2)C1. The Labute approximate surface area is 181 Å². The summed E-state index contributed by atoms with van der Waals surface area (Å²) in [7, 11) is 1.46. The Balaban J connectivity index is 1.84. The van der Waals surface area contributed by atoms with Crippen LogP contribution in [0.25, 0.3) is 0 Å². The topological polar surface area (TPSA) is 81.7 Å². The number of aliphatic hydroxyl groups is 1. The fraction of sp³-hybridized carbons (Fsp3) is 0.278. The van der Waals surface area contributed by atoms with Gasteiger partial charge in [0.05, 0.1) is 11.7 Å². The molecule has 2 heterocycles. The van der Waals surface area contributed by atoms with Crippen LogP contribution >= 0.6 is 39.5 Å². The molecule has 3 N–H and O–H groups in total. The Kier molecular flexibility index (Phi) is 7.00. The molecule has 2 atom stereocenters. The predicted molar refractivity (Wildman–Crippen MR) is 118 cm³/mol. The Bertz CT molecular complexity index is 867. The average Bonchev–Trinajstić information content (AvgIpc) is 3.27. The second-order valence-electron chi connectivity index (χ2n) is 6.47. The first-order chi connectivity index (χ1) is 13.5. The number of carbonyl (C=O) groups excluding carboxylic acids is 2. The second-order valence-corrected chi connectivity index (χ2v) is 8.70. The van der Waals surface area contributed by atoms with E-state index in [4.69, 9.17) is 12.2 Å². The number of nitrogens with zero attached hydrogens (tertiary/aromatic N) is 1. The van der Waals surface area contributed by atoms with Gasteiger partial charge in [0, 0.05) is 39.4 Å². The fourth-order valence-corrected chi connectivity index (χ4v) is 5.32. The lowest BCUT2D eigenvalue weighted by atomic mass is 9.86. The summed E-state index contributed by atoms with van der Waals surface area (Å²) in [4.78, 5) is 26.2. The molecular formula is C18H18BBrN3O3S2. The van der Waals surface area contributed by atoms with Crippen LogP contribution in [0, 0.1) is 5.92 Å². The highest BCUT2D eigenvalue weighted by Gasteiger charge is 2.49. The van der Waals surface area contributed by atoms with Gasteiger partial charge in [0.25, 0.3) is 13.3 Å². The second kappa shape index (κ2) is 9.28. The van der Waals surface area contributed by atoms with Crippen LogP contribution in [0.2, 0.25) is 0 Å². The minimum absolute atomic E-state index is 0.0963. The third-order valence-electron chi connectivity index (χ3n) is 4.70. The predicted octanol–water partition coefficient (Wildman–Crippen LogP) is 1.74. The van der Waals surface area contributed by atoms with Crippen molar-refractivity contribution in [2.45, 2.75) is 5.54 Å². The third kappa shape index (κ3) is 4.52. The molecular weight excluding hydrogens is 461 g/mol. The normalized spacial score (nSPS) is 21.9. The molecule has 1 aromatic carbocycles.